The van der Waals surface area contributed by atoms with Crippen LogP contribution in [-0.4, -0.2) is 11.8 Å². The Morgan fingerprint density at radius 2 is 1.91 bits per heavy atom. The predicted molar refractivity (Wildman–Crippen MR) is 89.2 cm³/mol. The fraction of sp³-hybridized carbons (Fsp3) is 0.647. The quantitative estimate of drug-likeness (QED) is 0.895. The lowest BCUT2D eigenvalue weighted by atomic mass is 9.87. The molecule has 3 N–H and O–H groups in total. The number of rotatable bonds is 3. The third-order valence-electron chi connectivity index (χ3n) is 4.97. The Bertz CT molecular complexity index is 588. The highest BCUT2D eigenvalue weighted by Crippen LogP contribution is 2.40. The summed E-state index contributed by atoms with van der Waals surface area (Å²) in [6.07, 6.45) is 8.41. The number of carbonyl (C=O) groups is 2. The maximum absolute atomic E-state index is 12.5. The monoisotopic (exact) mass is 320 g/mol. The first-order chi connectivity index (χ1) is 10.6. The molecule has 0 spiro atoms. The van der Waals surface area contributed by atoms with Gasteiger partial charge < -0.3 is 11.1 Å². The molecule has 120 valence electrons. The highest BCUT2D eigenvalue weighted by atomic mass is 32.1. The molecule has 2 aliphatic carbocycles. The number of amides is 2. The minimum atomic E-state index is -0.412. The van der Waals surface area contributed by atoms with Crippen molar-refractivity contribution in [1.82, 2.24) is 0 Å². The van der Waals surface area contributed by atoms with Gasteiger partial charge in [0, 0.05) is 10.8 Å². The van der Waals surface area contributed by atoms with Crippen molar-refractivity contribution in [1.29, 1.82) is 0 Å². The molecule has 1 aromatic heterocycles. The normalized spacial score (nSPS) is 22.1. The van der Waals surface area contributed by atoms with E-state index < -0.39 is 5.91 Å². The molecule has 1 heterocycles. The number of nitrogens with two attached hydrogens (primary N) is 1. The number of hydrogen-bond acceptors (Lipinski definition) is 3. The van der Waals surface area contributed by atoms with E-state index in [4.69, 9.17) is 5.73 Å². The minimum absolute atomic E-state index is 0.0637. The first-order valence-corrected chi connectivity index (χ1v) is 9.13. The number of primary amides is 1. The Hall–Kier alpha value is -1.36. The van der Waals surface area contributed by atoms with Gasteiger partial charge in [-0.25, -0.2) is 0 Å². The zero-order chi connectivity index (χ0) is 15.7. The predicted octanol–water partition coefficient (Wildman–Crippen LogP) is 3.49. The van der Waals surface area contributed by atoms with Crippen molar-refractivity contribution in [2.24, 2.45) is 17.6 Å². The number of hydrogen-bond donors (Lipinski definition) is 2. The third-order valence-corrected chi connectivity index (χ3v) is 6.17. The van der Waals surface area contributed by atoms with Crippen molar-refractivity contribution in [3.63, 3.8) is 0 Å². The molecule has 2 amide bonds. The van der Waals surface area contributed by atoms with E-state index in [0.29, 0.717) is 16.5 Å². The van der Waals surface area contributed by atoms with Crippen LogP contribution in [0, 0.1) is 11.8 Å². The highest BCUT2D eigenvalue weighted by molar-refractivity contribution is 7.17. The zero-order valence-electron chi connectivity index (χ0n) is 13.1. The lowest BCUT2D eigenvalue weighted by Gasteiger charge is -2.20. The summed E-state index contributed by atoms with van der Waals surface area (Å²) >= 11 is 1.55. The summed E-state index contributed by atoms with van der Waals surface area (Å²) in [5.41, 5.74) is 7.24. The van der Waals surface area contributed by atoms with Crippen LogP contribution >= 0.6 is 11.3 Å². The van der Waals surface area contributed by atoms with Crippen LogP contribution in [0.15, 0.2) is 0 Å². The molecule has 3 rings (SSSR count). The van der Waals surface area contributed by atoms with E-state index in [1.165, 1.54) is 11.3 Å². The average Bonchev–Trinajstić information content (AvgIpc) is 2.85. The summed E-state index contributed by atoms with van der Waals surface area (Å²) in [6.45, 7) is 2.20. The molecule has 1 atom stereocenters. The van der Waals surface area contributed by atoms with E-state index in [2.05, 4.69) is 12.2 Å². The van der Waals surface area contributed by atoms with Gasteiger partial charge in [-0.2, -0.15) is 0 Å². The van der Waals surface area contributed by atoms with Gasteiger partial charge in [0.25, 0.3) is 5.91 Å². The Kier molecular flexibility index (Phi) is 4.52. The summed E-state index contributed by atoms with van der Waals surface area (Å²) in [4.78, 5) is 25.6. The maximum Gasteiger partial charge on any atom is 0.251 e. The molecule has 1 saturated carbocycles. The molecule has 0 unspecified atom stereocenters. The molecule has 2 aliphatic rings. The van der Waals surface area contributed by atoms with Gasteiger partial charge in [-0.15, -0.1) is 11.3 Å². The molecular formula is C17H24N2O2S. The summed E-state index contributed by atoms with van der Waals surface area (Å²) in [5, 5.41) is 3.69. The Balaban J connectivity index is 1.84. The van der Waals surface area contributed by atoms with Gasteiger partial charge in [0.1, 0.15) is 5.00 Å². The average molecular weight is 320 g/mol. The van der Waals surface area contributed by atoms with Gasteiger partial charge in [0.05, 0.1) is 5.56 Å². The van der Waals surface area contributed by atoms with Crippen LogP contribution < -0.4 is 11.1 Å². The van der Waals surface area contributed by atoms with Crippen molar-refractivity contribution in [2.45, 2.75) is 58.3 Å². The van der Waals surface area contributed by atoms with Crippen molar-refractivity contribution in [3.05, 3.63) is 16.0 Å². The lowest BCUT2D eigenvalue weighted by molar-refractivity contribution is -0.120. The number of anilines is 1. The molecule has 0 saturated heterocycles. The molecule has 0 aromatic carbocycles. The van der Waals surface area contributed by atoms with E-state index >= 15 is 0 Å². The van der Waals surface area contributed by atoms with Gasteiger partial charge in [-0.1, -0.05) is 26.2 Å². The van der Waals surface area contributed by atoms with E-state index in [9.17, 15) is 9.59 Å². The van der Waals surface area contributed by atoms with Crippen molar-refractivity contribution in [3.8, 4) is 0 Å². The largest absolute Gasteiger partial charge is 0.365 e. The molecule has 0 radical (unpaired) electrons. The second-order valence-corrected chi connectivity index (χ2v) is 7.85. The molecule has 5 heteroatoms. The van der Waals surface area contributed by atoms with E-state index in [1.807, 2.05) is 0 Å². The molecular weight excluding hydrogens is 296 g/mol. The fourth-order valence-electron chi connectivity index (χ4n) is 3.69. The Morgan fingerprint density at radius 3 is 2.59 bits per heavy atom. The van der Waals surface area contributed by atoms with E-state index in [0.717, 1.165) is 50.5 Å². The first kappa shape index (κ1) is 15.5. The van der Waals surface area contributed by atoms with Gasteiger partial charge in [-0.05, 0) is 43.6 Å². The van der Waals surface area contributed by atoms with Crippen LogP contribution in [-0.2, 0) is 17.6 Å². The number of nitrogens with one attached hydrogen (secondary N) is 1. The number of thiophene rings is 1. The highest BCUT2D eigenvalue weighted by Gasteiger charge is 2.29. The second-order valence-electron chi connectivity index (χ2n) is 6.74. The minimum Gasteiger partial charge on any atom is -0.365 e. The zero-order valence-corrected chi connectivity index (χ0v) is 13.9. The second kappa shape index (κ2) is 6.41. The summed E-state index contributed by atoms with van der Waals surface area (Å²) in [7, 11) is 0. The molecule has 1 fully saturated rings. The van der Waals surface area contributed by atoms with Crippen LogP contribution in [0.4, 0.5) is 5.00 Å². The van der Waals surface area contributed by atoms with Crippen LogP contribution in [0.1, 0.15) is 66.2 Å². The van der Waals surface area contributed by atoms with Crippen molar-refractivity contribution < 1.29 is 9.59 Å². The maximum atomic E-state index is 12.5. The van der Waals surface area contributed by atoms with Crippen LogP contribution in [0.2, 0.25) is 0 Å². The number of aryl methyl sites for hydroxylation is 1. The topological polar surface area (TPSA) is 72.2 Å². The molecule has 1 aromatic rings. The molecule has 0 aliphatic heterocycles. The molecule has 0 bridgehead atoms. The molecule has 4 nitrogen and oxygen atoms in total. The smallest absolute Gasteiger partial charge is 0.251 e. The van der Waals surface area contributed by atoms with E-state index in [-0.39, 0.29) is 11.8 Å². The standard InChI is InChI=1S/C17H24N2O2S/c1-10-7-8-13-12(9-10)14(15(18)20)17(22-13)19-16(21)11-5-3-2-4-6-11/h10-11H,2-9H2,1H3,(H2,18,20)(H,19,21)/t10-/m1/s1. The van der Waals surface area contributed by atoms with E-state index in [1.54, 1.807) is 11.3 Å². The SMILES string of the molecule is C[C@@H]1CCc2sc(NC(=O)C3CCCCC3)c(C(N)=O)c2C1. The summed E-state index contributed by atoms with van der Waals surface area (Å²) < 4.78 is 0. The Labute approximate surface area is 135 Å². The molecule has 22 heavy (non-hydrogen) atoms. The van der Waals surface area contributed by atoms with Crippen LogP contribution in [0.25, 0.3) is 0 Å². The summed E-state index contributed by atoms with van der Waals surface area (Å²) in [5.74, 6) is 0.314. The van der Waals surface area contributed by atoms with Gasteiger partial charge in [-0.3, -0.25) is 9.59 Å². The van der Waals surface area contributed by atoms with Crippen molar-refractivity contribution >= 4 is 28.2 Å². The third kappa shape index (κ3) is 3.05. The van der Waals surface area contributed by atoms with Gasteiger partial charge in [0.2, 0.25) is 5.91 Å². The fourth-order valence-corrected chi connectivity index (χ4v) is 4.94. The Morgan fingerprint density at radius 1 is 1.18 bits per heavy atom. The first-order valence-electron chi connectivity index (χ1n) is 8.31. The number of fused-ring (bicyclic) bond motifs is 1. The van der Waals surface area contributed by atoms with Gasteiger partial charge in [0.15, 0.2) is 0 Å². The lowest BCUT2D eigenvalue weighted by Crippen LogP contribution is -2.26. The summed E-state index contributed by atoms with van der Waals surface area (Å²) in [6, 6.07) is 0. The van der Waals surface area contributed by atoms with Crippen LogP contribution in [0.3, 0.4) is 0 Å². The number of carbonyl (C=O) groups excluding carboxylic acids is 2. The van der Waals surface area contributed by atoms with Crippen LogP contribution in [0.5, 0.6) is 0 Å². The van der Waals surface area contributed by atoms with Gasteiger partial charge >= 0.3 is 0 Å². The van der Waals surface area contributed by atoms with Crippen molar-refractivity contribution in [2.75, 3.05) is 5.32 Å².